The molecule has 1 aromatic carbocycles. The first-order valence-electron chi connectivity index (χ1n) is 5.55. The highest BCUT2D eigenvalue weighted by Gasteiger charge is 2.28. The van der Waals surface area contributed by atoms with Crippen molar-refractivity contribution in [1.82, 2.24) is 0 Å². The first-order chi connectivity index (χ1) is 8.70. The fourth-order valence-corrected chi connectivity index (χ4v) is 2.62. The Morgan fingerprint density at radius 2 is 2.05 bits per heavy atom. The summed E-state index contributed by atoms with van der Waals surface area (Å²) in [4.78, 5) is 23.4. The Morgan fingerprint density at radius 3 is 2.63 bits per heavy atom. The standard InChI is InChI=1S/C12H12ClNO4S/c1-6(19(2,17)18)12(16)8-3-7-4-11(15)14-10(7)5-9(8)13/h3,5-6H,4H2,1-2H3,(H,14,15). The van der Waals surface area contributed by atoms with Gasteiger partial charge in [0.05, 0.1) is 11.4 Å². The van der Waals surface area contributed by atoms with Crippen molar-refractivity contribution in [3.63, 3.8) is 0 Å². The SMILES string of the molecule is CC(C(=O)c1cc2c(cc1Cl)NC(=O)C2)S(C)(=O)=O. The molecule has 2 rings (SSSR count). The van der Waals surface area contributed by atoms with Gasteiger partial charge in [-0.1, -0.05) is 11.6 Å². The first-order valence-corrected chi connectivity index (χ1v) is 7.88. The molecule has 0 saturated carbocycles. The molecule has 0 bridgehead atoms. The summed E-state index contributed by atoms with van der Waals surface area (Å²) in [5, 5.41) is 1.59. The van der Waals surface area contributed by atoms with Crippen LogP contribution >= 0.6 is 11.6 Å². The largest absolute Gasteiger partial charge is 0.325 e. The van der Waals surface area contributed by atoms with E-state index in [4.69, 9.17) is 11.6 Å². The minimum absolute atomic E-state index is 0.134. The number of sulfone groups is 1. The predicted octanol–water partition coefficient (Wildman–Crippen LogP) is 1.45. The topological polar surface area (TPSA) is 80.3 Å². The second-order valence-electron chi connectivity index (χ2n) is 4.55. The quantitative estimate of drug-likeness (QED) is 0.857. The number of anilines is 1. The summed E-state index contributed by atoms with van der Waals surface area (Å²) >= 11 is 5.98. The zero-order chi connectivity index (χ0) is 14.4. The average Bonchev–Trinajstić information content (AvgIpc) is 2.64. The average molecular weight is 302 g/mol. The van der Waals surface area contributed by atoms with E-state index in [1.54, 1.807) is 0 Å². The van der Waals surface area contributed by atoms with Crippen LogP contribution in [-0.4, -0.2) is 31.6 Å². The zero-order valence-electron chi connectivity index (χ0n) is 10.4. The van der Waals surface area contributed by atoms with Gasteiger partial charge in [-0.2, -0.15) is 0 Å². The number of hydrogen-bond donors (Lipinski definition) is 1. The number of carbonyl (C=O) groups excluding carboxylic acids is 2. The molecule has 1 aliphatic rings. The monoisotopic (exact) mass is 301 g/mol. The number of amides is 1. The van der Waals surface area contributed by atoms with E-state index in [1.165, 1.54) is 19.1 Å². The fourth-order valence-electron chi connectivity index (χ4n) is 1.85. The molecular weight excluding hydrogens is 290 g/mol. The van der Waals surface area contributed by atoms with E-state index < -0.39 is 20.9 Å². The molecule has 7 heteroatoms. The maximum absolute atomic E-state index is 12.1. The number of nitrogens with one attached hydrogen (secondary N) is 1. The lowest BCUT2D eigenvalue weighted by Crippen LogP contribution is -2.26. The molecule has 0 aromatic heterocycles. The van der Waals surface area contributed by atoms with E-state index in [2.05, 4.69) is 5.32 Å². The van der Waals surface area contributed by atoms with Crippen LogP contribution in [-0.2, 0) is 21.1 Å². The van der Waals surface area contributed by atoms with Crippen molar-refractivity contribution in [3.8, 4) is 0 Å². The van der Waals surface area contributed by atoms with Crippen molar-refractivity contribution in [2.24, 2.45) is 0 Å². The van der Waals surface area contributed by atoms with Crippen LogP contribution in [0.15, 0.2) is 12.1 Å². The number of halogens is 1. The van der Waals surface area contributed by atoms with Crippen LogP contribution < -0.4 is 5.32 Å². The summed E-state index contributed by atoms with van der Waals surface area (Å²) in [5.74, 6) is -0.735. The number of ketones is 1. The van der Waals surface area contributed by atoms with E-state index in [0.29, 0.717) is 11.3 Å². The molecule has 19 heavy (non-hydrogen) atoms. The Labute approximate surface area is 115 Å². The van der Waals surface area contributed by atoms with E-state index in [1.807, 2.05) is 0 Å². The Hall–Kier alpha value is -1.40. The van der Waals surface area contributed by atoms with E-state index in [0.717, 1.165) is 6.26 Å². The van der Waals surface area contributed by atoms with Crippen LogP contribution in [0.2, 0.25) is 5.02 Å². The van der Waals surface area contributed by atoms with Gasteiger partial charge in [-0.25, -0.2) is 8.42 Å². The van der Waals surface area contributed by atoms with Gasteiger partial charge in [-0.15, -0.1) is 0 Å². The molecule has 102 valence electrons. The van der Waals surface area contributed by atoms with Gasteiger partial charge >= 0.3 is 0 Å². The van der Waals surface area contributed by atoms with Crippen LogP contribution in [0.1, 0.15) is 22.8 Å². The lowest BCUT2D eigenvalue weighted by atomic mass is 10.0. The van der Waals surface area contributed by atoms with Gasteiger partial charge in [0.2, 0.25) is 5.91 Å². The molecule has 1 aliphatic heterocycles. The lowest BCUT2D eigenvalue weighted by molar-refractivity contribution is -0.115. The highest BCUT2D eigenvalue weighted by Crippen LogP contribution is 2.30. The normalized spacial score (nSPS) is 15.8. The number of carbonyl (C=O) groups is 2. The van der Waals surface area contributed by atoms with E-state index >= 15 is 0 Å². The maximum atomic E-state index is 12.1. The predicted molar refractivity (Wildman–Crippen MR) is 72.4 cm³/mol. The molecule has 1 unspecified atom stereocenters. The van der Waals surface area contributed by atoms with Crippen molar-refractivity contribution in [2.75, 3.05) is 11.6 Å². The Balaban J connectivity index is 2.45. The third-order valence-corrected chi connectivity index (χ3v) is 4.91. The minimum Gasteiger partial charge on any atom is -0.325 e. The van der Waals surface area contributed by atoms with Gasteiger partial charge in [0, 0.05) is 17.5 Å². The molecule has 0 fully saturated rings. The summed E-state index contributed by atoms with van der Waals surface area (Å²) < 4.78 is 22.8. The van der Waals surface area contributed by atoms with E-state index in [-0.39, 0.29) is 22.9 Å². The highest BCUT2D eigenvalue weighted by atomic mass is 35.5. The highest BCUT2D eigenvalue weighted by molar-refractivity contribution is 7.92. The van der Waals surface area contributed by atoms with Crippen molar-refractivity contribution >= 4 is 38.8 Å². The number of rotatable bonds is 3. The van der Waals surface area contributed by atoms with Crippen molar-refractivity contribution in [1.29, 1.82) is 0 Å². The van der Waals surface area contributed by atoms with Gasteiger partial charge < -0.3 is 5.32 Å². The third-order valence-electron chi connectivity index (χ3n) is 3.09. The fraction of sp³-hybridized carbons (Fsp3) is 0.333. The van der Waals surface area contributed by atoms with Crippen LogP contribution in [0.5, 0.6) is 0 Å². The number of Topliss-reactive ketones (excluding diaryl/α,β-unsaturated/α-hetero) is 1. The lowest BCUT2D eigenvalue weighted by Gasteiger charge is -2.11. The third kappa shape index (κ3) is 2.64. The Bertz CT molecular complexity index is 681. The van der Waals surface area contributed by atoms with Crippen LogP contribution in [0.3, 0.4) is 0 Å². The number of hydrogen-bond acceptors (Lipinski definition) is 4. The Kier molecular flexibility index (Phi) is 3.40. The van der Waals surface area contributed by atoms with Crippen molar-refractivity contribution in [2.45, 2.75) is 18.6 Å². The molecule has 1 aromatic rings. The molecule has 0 saturated heterocycles. The second kappa shape index (κ2) is 4.61. The van der Waals surface area contributed by atoms with Crippen molar-refractivity contribution < 1.29 is 18.0 Å². The molecule has 0 radical (unpaired) electrons. The molecule has 1 heterocycles. The molecular formula is C12H12ClNO4S. The summed E-state index contributed by atoms with van der Waals surface area (Å²) in [6.07, 6.45) is 1.17. The van der Waals surface area contributed by atoms with Gasteiger partial charge in [-0.05, 0) is 24.6 Å². The summed E-state index contributed by atoms with van der Waals surface area (Å²) in [7, 11) is -3.48. The van der Waals surface area contributed by atoms with Crippen LogP contribution in [0, 0.1) is 0 Å². The maximum Gasteiger partial charge on any atom is 0.228 e. The number of benzene rings is 1. The van der Waals surface area contributed by atoms with Gasteiger partial charge in [0.25, 0.3) is 0 Å². The number of fused-ring (bicyclic) bond motifs is 1. The molecule has 1 amide bonds. The first kappa shape index (κ1) is 14.0. The van der Waals surface area contributed by atoms with Gasteiger partial charge in [-0.3, -0.25) is 9.59 Å². The smallest absolute Gasteiger partial charge is 0.228 e. The second-order valence-corrected chi connectivity index (χ2v) is 7.32. The van der Waals surface area contributed by atoms with Gasteiger partial charge in [0.15, 0.2) is 15.6 Å². The molecule has 0 aliphatic carbocycles. The molecule has 1 N–H and O–H groups in total. The van der Waals surface area contributed by atoms with E-state index in [9.17, 15) is 18.0 Å². The molecule has 1 atom stereocenters. The van der Waals surface area contributed by atoms with Crippen LogP contribution in [0.4, 0.5) is 5.69 Å². The zero-order valence-corrected chi connectivity index (χ0v) is 11.9. The molecule has 0 spiro atoms. The summed E-state index contributed by atoms with van der Waals surface area (Å²) in [6.45, 7) is 1.32. The summed E-state index contributed by atoms with van der Waals surface area (Å²) in [5.41, 5.74) is 1.35. The molecule has 5 nitrogen and oxygen atoms in total. The summed E-state index contributed by atoms with van der Waals surface area (Å²) in [6, 6.07) is 2.96. The van der Waals surface area contributed by atoms with Gasteiger partial charge in [0.1, 0.15) is 5.25 Å². The minimum atomic E-state index is -3.48. The Morgan fingerprint density at radius 1 is 1.42 bits per heavy atom. The van der Waals surface area contributed by atoms with Crippen LogP contribution in [0.25, 0.3) is 0 Å². The van der Waals surface area contributed by atoms with Crippen molar-refractivity contribution in [3.05, 3.63) is 28.3 Å².